The van der Waals surface area contributed by atoms with E-state index in [-0.39, 0.29) is 12.4 Å². The van der Waals surface area contributed by atoms with E-state index < -0.39 is 18.4 Å². The van der Waals surface area contributed by atoms with Crippen molar-refractivity contribution in [2.24, 2.45) is 0 Å². The lowest BCUT2D eigenvalue weighted by Crippen LogP contribution is -2.34. The van der Waals surface area contributed by atoms with E-state index in [1.165, 1.54) is 28.3 Å². The molecule has 6 nitrogen and oxygen atoms in total. The third-order valence-electron chi connectivity index (χ3n) is 2.18. The average Bonchev–Trinajstić information content (AvgIpc) is 2.29. The molecule has 100 valence electrons. The van der Waals surface area contributed by atoms with Gasteiger partial charge in [0.25, 0.3) is 0 Å². The number of carbonyl (C=O) groups excluding carboxylic acids is 2. The van der Waals surface area contributed by atoms with Crippen molar-refractivity contribution in [1.29, 1.82) is 0 Å². The van der Waals surface area contributed by atoms with E-state index in [9.17, 15) is 9.59 Å². The summed E-state index contributed by atoms with van der Waals surface area (Å²) in [5.74, 6) is -0.704. The van der Waals surface area contributed by atoms with Crippen LogP contribution in [0.5, 0.6) is 0 Å². The van der Waals surface area contributed by atoms with Crippen molar-refractivity contribution < 1.29 is 28.5 Å². The average molecular weight is 248 g/mol. The maximum atomic E-state index is 10.9. The second kappa shape index (κ2) is 8.95. The lowest BCUT2D eigenvalue weighted by molar-refractivity contribution is -0.191. The summed E-state index contributed by atoms with van der Waals surface area (Å²) in [5.41, 5.74) is 0. The summed E-state index contributed by atoms with van der Waals surface area (Å²) in [4.78, 5) is 21.9. The van der Waals surface area contributed by atoms with Gasteiger partial charge in [0, 0.05) is 27.6 Å². The van der Waals surface area contributed by atoms with Gasteiger partial charge in [-0.25, -0.2) is 0 Å². The van der Waals surface area contributed by atoms with Crippen LogP contribution in [0.15, 0.2) is 0 Å². The third-order valence-corrected chi connectivity index (χ3v) is 2.18. The Kier molecular flexibility index (Phi) is 8.35. The minimum absolute atomic E-state index is 0.272. The summed E-state index contributed by atoms with van der Waals surface area (Å²) in [6, 6.07) is 0. The molecule has 0 N–H and O–H groups in total. The van der Waals surface area contributed by atoms with Gasteiger partial charge in [0.1, 0.15) is 0 Å². The second-order valence-corrected chi connectivity index (χ2v) is 3.46. The van der Waals surface area contributed by atoms with Gasteiger partial charge in [-0.05, 0) is 12.8 Å². The topological polar surface area (TPSA) is 71.1 Å². The molecule has 0 rings (SSSR count). The predicted octanol–water partition coefficient (Wildman–Crippen LogP) is 0.880. The minimum atomic E-state index is -0.628. The SMILES string of the molecule is COC(=O)CCCC(OC(C)=O)C(OC)OC. The van der Waals surface area contributed by atoms with Crippen LogP contribution in [0, 0.1) is 0 Å². The first-order chi connectivity index (χ1) is 8.04. The number of ether oxygens (including phenoxy) is 4. The normalized spacial score (nSPS) is 12.3. The molecule has 1 atom stereocenters. The highest BCUT2D eigenvalue weighted by Crippen LogP contribution is 2.13. The summed E-state index contributed by atoms with van der Waals surface area (Å²) in [7, 11) is 4.26. The highest BCUT2D eigenvalue weighted by atomic mass is 16.7. The van der Waals surface area contributed by atoms with E-state index in [2.05, 4.69) is 4.74 Å². The Bertz CT molecular complexity index is 236. The highest BCUT2D eigenvalue weighted by molar-refractivity contribution is 5.69. The van der Waals surface area contributed by atoms with Crippen LogP contribution in [-0.2, 0) is 28.5 Å². The van der Waals surface area contributed by atoms with Crippen molar-refractivity contribution in [3.8, 4) is 0 Å². The zero-order chi connectivity index (χ0) is 13.3. The zero-order valence-corrected chi connectivity index (χ0v) is 10.7. The first-order valence-electron chi connectivity index (χ1n) is 5.34. The standard InChI is InChI=1S/C11H20O6/c1-8(12)17-9(11(15-3)16-4)6-5-7-10(13)14-2/h9,11H,5-7H2,1-4H3. The van der Waals surface area contributed by atoms with Crippen molar-refractivity contribution in [2.45, 2.75) is 38.6 Å². The first-order valence-corrected chi connectivity index (χ1v) is 5.34. The molecule has 0 bridgehead atoms. The van der Waals surface area contributed by atoms with Crippen LogP contribution in [-0.4, -0.2) is 45.7 Å². The molecule has 0 saturated heterocycles. The lowest BCUT2D eigenvalue weighted by atomic mass is 10.1. The van der Waals surface area contributed by atoms with Crippen molar-refractivity contribution in [1.82, 2.24) is 0 Å². The van der Waals surface area contributed by atoms with Gasteiger partial charge in [-0.2, -0.15) is 0 Å². The summed E-state index contributed by atoms with van der Waals surface area (Å²) >= 11 is 0. The Hall–Kier alpha value is -1.14. The fourth-order valence-electron chi connectivity index (χ4n) is 1.41. The van der Waals surface area contributed by atoms with E-state index in [0.717, 1.165) is 0 Å². The molecule has 0 aliphatic heterocycles. The molecule has 0 saturated carbocycles. The Balaban J connectivity index is 4.18. The smallest absolute Gasteiger partial charge is 0.305 e. The van der Waals surface area contributed by atoms with Crippen LogP contribution in [0.2, 0.25) is 0 Å². The summed E-state index contributed by atoms with van der Waals surface area (Å²) in [5, 5.41) is 0. The molecule has 1 unspecified atom stereocenters. The quantitative estimate of drug-likeness (QED) is 0.469. The van der Waals surface area contributed by atoms with E-state index >= 15 is 0 Å². The van der Waals surface area contributed by atoms with E-state index in [0.29, 0.717) is 12.8 Å². The zero-order valence-electron chi connectivity index (χ0n) is 10.7. The van der Waals surface area contributed by atoms with Gasteiger partial charge in [0.05, 0.1) is 7.11 Å². The number of hydrogen-bond donors (Lipinski definition) is 0. The molecule has 0 heterocycles. The third kappa shape index (κ3) is 6.91. The molecule has 0 aromatic heterocycles. The summed E-state index contributed by atoms with van der Waals surface area (Å²) in [6.45, 7) is 1.32. The molecular formula is C11H20O6. The molecular weight excluding hydrogens is 228 g/mol. The number of methoxy groups -OCH3 is 3. The van der Waals surface area contributed by atoms with E-state index in [4.69, 9.17) is 14.2 Å². The van der Waals surface area contributed by atoms with Gasteiger partial charge >= 0.3 is 11.9 Å². The predicted molar refractivity (Wildman–Crippen MR) is 59.2 cm³/mol. The van der Waals surface area contributed by atoms with Crippen LogP contribution in [0.25, 0.3) is 0 Å². The van der Waals surface area contributed by atoms with Crippen molar-refractivity contribution in [3.05, 3.63) is 0 Å². The number of rotatable bonds is 8. The molecule has 17 heavy (non-hydrogen) atoms. The van der Waals surface area contributed by atoms with Crippen LogP contribution in [0.1, 0.15) is 26.2 Å². The molecule has 0 amide bonds. The van der Waals surface area contributed by atoms with Gasteiger partial charge in [0.2, 0.25) is 0 Å². The lowest BCUT2D eigenvalue weighted by Gasteiger charge is -2.24. The van der Waals surface area contributed by atoms with Crippen molar-refractivity contribution in [3.63, 3.8) is 0 Å². The first kappa shape index (κ1) is 15.9. The number of esters is 2. The van der Waals surface area contributed by atoms with Gasteiger partial charge in [-0.15, -0.1) is 0 Å². The van der Waals surface area contributed by atoms with Gasteiger partial charge < -0.3 is 18.9 Å². The molecule has 6 heteroatoms. The van der Waals surface area contributed by atoms with E-state index in [1.807, 2.05) is 0 Å². The monoisotopic (exact) mass is 248 g/mol. The summed E-state index contributed by atoms with van der Waals surface area (Å²) in [6.07, 6.45) is 0.132. The Morgan fingerprint density at radius 1 is 1.12 bits per heavy atom. The van der Waals surface area contributed by atoms with Crippen molar-refractivity contribution >= 4 is 11.9 Å². The molecule has 0 radical (unpaired) electrons. The molecule has 0 aromatic carbocycles. The maximum absolute atomic E-state index is 10.9. The molecule has 0 spiro atoms. The van der Waals surface area contributed by atoms with Crippen LogP contribution < -0.4 is 0 Å². The second-order valence-electron chi connectivity index (χ2n) is 3.46. The molecule has 0 aliphatic carbocycles. The van der Waals surface area contributed by atoms with Gasteiger partial charge in [-0.3, -0.25) is 9.59 Å². The highest BCUT2D eigenvalue weighted by Gasteiger charge is 2.23. The summed E-state index contributed by atoms with van der Waals surface area (Å²) < 4.78 is 19.6. The molecule has 0 aromatic rings. The van der Waals surface area contributed by atoms with Crippen LogP contribution in [0.3, 0.4) is 0 Å². The van der Waals surface area contributed by atoms with Gasteiger partial charge in [0.15, 0.2) is 12.4 Å². The van der Waals surface area contributed by atoms with Crippen LogP contribution >= 0.6 is 0 Å². The molecule has 0 aliphatic rings. The van der Waals surface area contributed by atoms with E-state index in [1.54, 1.807) is 0 Å². The Labute approximate surface area is 101 Å². The number of carbonyl (C=O) groups is 2. The maximum Gasteiger partial charge on any atom is 0.305 e. The number of hydrogen-bond acceptors (Lipinski definition) is 6. The molecule has 0 fully saturated rings. The van der Waals surface area contributed by atoms with Crippen molar-refractivity contribution in [2.75, 3.05) is 21.3 Å². The Morgan fingerprint density at radius 2 is 1.71 bits per heavy atom. The minimum Gasteiger partial charge on any atom is -0.469 e. The van der Waals surface area contributed by atoms with Gasteiger partial charge in [-0.1, -0.05) is 0 Å². The largest absolute Gasteiger partial charge is 0.469 e. The fourth-order valence-corrected chi connectivity index (χ4v) is 1.41. The Morgan fingerprint density at radius 3 is 2.12 bits per heavy atom. The van der Waals surface area contributed by atoms with Crippen LogP contribution in [0.4, 0.5) is 0 Å². The fraction of sp³-hybridized carbons (Fsp3) is 0.818.